The van der Waals surface area contributed by atoms with Gasteiger partial charge in [0.2, 0.25) is 0 Å². The summed E-state index contributed by atoms with van der Waals surface area (Å²) in [7, 11) is 0. The average Bonchev–Trinajstić information content (AvgIpc) is 2.94. The van der Waals surface area contributed by atoms with Gasteiger partial charge in [-0.1, -0.05) is 25.4 Å². The number of anilines is 1. The molecule has 2 aromatic heterocycles. The number of aromatic nitrogens is 3. The molecule has 3 aromatic rings. The van der Waals surface area contributed by atoms with E-state index in [1.807, 2.05) is 6.07 Å². The Bertz CT molecular complexity index is 973. The molecule has 2 N–H and O–H groups in total. The summed E-state index contributed by atoms with van der Waals surface area (Å²) in [6, 6.07) is 7.29. The van der Waals surface area contributed by atoms with Gasteiger partial charge in [-0.05, 0) is 48.9 Å². The SMILES string of the molecule is CC1(C)CC[C@H](Nc2nnc(-c3ccc(Cl)cc3O)c3ccncc23)C1. The minimum atomic E-state index is 0.0863. The summed E-state index contributed by atoms with van der Waals surface area (Å²) in [4.78, 5) is 4.26. The monoisotopic (exact) mass is 368 g/mol. The molecule has 6 heteroatoms. The van der Waals surface area contributed by atoms with Crippen LogP contribution in [0.15, 0.2) is 36.7 Å². The van der Waals surface area contributed by atoms with Gasteiger partial charge < -0.3 is 10.4 Å². The standard InChI is InChI=1S/C20H21ClN4O/c1-20(2)7-5-13(10-20)23-19-16-11-22-8-6-14(16)18(24-25-19)15-4-3-12(21)9-17(15)26/h3-4,6,8-9,11,13,26H,5,7,10H2,1-2H3,(H,23,25)/t13-/m0/s1. The maximum atomic E-state index is 10.3. The molecule has 1 aliphatic carbocycles. The highest BCUT2D eigenvalue weighted by Crippen LogP contribution is 2.40. The molecule has 2 heterocycles. The van der Waals surface area contributed by atoms with E-state index >= 15 is 0 Å². The Morgan fingerprint density at radius 1 is 1.19 bits per heavy atom. The first-order valence-electron chi connectivity index (χ1n) is 8.79. The number of phenolic OH excluding ortho intramolecular Hbond substituents is 1. The van der Waals surface area contributed by atoms with E-state index in [4.69, 9.17) is 11.6 Å². The fraction of sp³-hybridized carbons (Fsp3) is 0.350. The van der Waals surface area contributed by atoms with E-state index < -0.39 is 0 Å². The first-order valence-corrected chi connectivity index (χ1v) is 9.17. The molecule has 0 unspecified atom stereocenters. The van der Waals surface area contributed by atoms with E-state index in [2.05, 4.69) is 34.3 Å². The Morgan fingerprint density at radius 3 is 2.77 bits per heavy atom. The number of hydrogen-bond acceptors (Lipinski definition) is 5. The quantitative estimate of drug-likeness (QED) is 0.677. The van der Waals surface area contributed by atoms with Crippen LogP contribution < -0.4 is 5.32 Å². The zero-order valence-corrected chi connectivity index (χ0v) is 15.6. The van der Waals surface area contributed by atoms with Crippen molar-refractivity contribution in [1.82, 2.24) is 15.2 Å². The molecule has 5 nitrogen and oxygen atoms in total. The number of nitrogens with one attached hydrogen (secondary N) is 1. The molecule has 134 valence electrons. The summed E-state index contributed by atoms with van der Waals surface area (Å²) in [6.07, 6.45) is 6.95. The summed E-state index contributed by atoms with van der Waals surface area (Å²) < 4.78 is 0. The van der Waals surface area contributed by atoms with E-state index in [1.165, 1.54) is 12.5 Å². The highest BCUT2D eigenvalue weighted by atomic mass is 35.5. The van der Waals surface area contributed by atoms with Crippen LogP contribution in [0.1, 0.15) is 33.1 Å². The number of pyridine rings is 1. The van der Waals surface area contributed by atoms with E-state index in [0.29, 0.717) is 27.7 Å². The molecule has 0 amide bonds. The number of aromatic hydroxyl groups is 1. The minimum absolute atomic E-state index is 0.0863. The second-order valence-corrected chi connectivity index (χ2v) is 8.16. The normalized spacial score (nSPS) is 19.0. The Labute approximate surface area is 157 Å². The number of benzene rings is 1. The summed E-state index contributed by atoms with van der Waals surface area (Å²) in [5.41, 5.74) is 1.58. The fourth-order valence-corrected chi connectivity index (χ4v) is 3.93. The second kappa shape index (κ2) is 6.40. The highest BCUT2D eigenvalue weighted by molar-refractivity contribution is 6.30. The van der Waals surface area contributed by atoms with Crippen molar-refractivity contribution in [3.8, 4) is 17.0 Å². The van der Waals surface area contributed by atoms with Gasteiger partial charge in [0, 0.05) is 39.8 Å². The molecule has 1 saturated carbocycles. The van der Waals surface area contributed by atoms with Crippen molar-refractivity contribution < 1.29 is 5.11 Å². The molecule has 1 aromatic carbocycles. The van der Waals surface area contributed by atoms with Gasteiger partial charge in [-0.3, -0.25) is 4.98 Å². The maximum Gasteiger partial charge on any atom is 0.158 e. The second-order valence-electron chi connectivity index (χ2n) is 7.73. The minimum Gasteiger partial charge on any atom is -0.507 e. The molecule has 1 fully saturated rings. The molecular weight excluding hydrogens is 348 g/mol. The molecule has 26 heavy (non-hydrogen) atoms. The lowest BCUT2D eigenvalue weighted by Crippen LogP contribution is -2.19. The maximum absolute atomic E-state index is 10.3. The lowest BCUT2D eigenvalue weighted by Gasteiger charge is -2.19. The van der Waals surface area contributed by atoms with E-state index in [-0.39, 0.29) is 5.75 Å². The Balaban J connectivity index is 1.76. The van der Waals surface area contributed by atoms with Gasteiger partial charge in [-0.15, -0.1) is 10.2 Å². The zero-order valence-electron chi connectivity index (χ0n) is 14.8. The number of rotatable bonds is 3. The lowest BCUT2D eigenvalue weighted by atomic mass is 9.92. The topological polar surface area (TPSA) is 70.9 Å². The molecule has 1 atom stereocenters. The van der Waals surface area contributed by atoms with E-state index in [0.717, 1.165) is 29.4 Å². The van der Waals surface area contributed by atoms with Gasteiger partial charge in [0.1, 0.15) is 11.4 Å². The summed E-state index contributed by atoms with van der Waals surface area (Å²) >= 11 is 5.95. The molecule has 0 spiro atoms. The van der Waals surface area contributed by atoms with Gasteiger partial charge in [0.05, 0.1) is 0 Å². The van der Waals surface area contributed by atoms with Crippen LogP contribution in [0.5, 0.6) is 5.75 Å². The van der Waals surface area contributed by atoms with Crippen molar-refractivity contribution in [2.75, 3.05) is 5.32 Å². The largest absolute Gasteiger partial charge is 0.507 e. The van der Waals surface area contributed by atoms with Crippen LogP contribution >= 0.6 is 11.6 Å². The number of halogens is 1. The summed E-state index contributed by atoms with van der Waals surface area (Å²) in [5, 5.41) is 24.9. The van der Waals surface area contributed by atoms with Crippen LogP contribution in [0.25, 0.3) is 22.0 Å². The number of fused-ring (bicyclic) bond motifs is 1. The molecule has 0 saturated heterocycles. The van der Waals surface area contributed by atoms with Crippen molar-refractivity contribution in [3.05, 3.63) is 41.7 Å². The van der Waals surface area contributed by atoms with E-state index in [9.17, 15) is 5.11 Å². The number of nitrogens with zero attached hydrogens (tertiary/aromatic N) is 3. The predicted octanol–water partition coefficient (Wildman–Crippen LogP) is 5.04. The van der Waals surface area contributed by atoms with Crippen LogP contribution in [0.4, 0.5) is 5.82 Å². The zero-order chi connectivity index (χ0) is 18.3. The van der Waals surface area contributed by atoms with Gasteiger partial charge in [0.25, 0.3) is 0 Å². The molecule has 0 radical (unpaired) electrons. The molecule has 4 rings (SSSR count). The van der Waals surface area contributed by atoms with Crippen LogP contribution in [0, 0.1) is 5.41 Å². The van der Waals surface area contributed by atoms with Gasteiger partial charge in [-0.2, -0.15) is 0 Å². The smallest absolute Gasteiger partial charge is 0.158 e. The third kappa shape index (κ3) is 3.19. The Morgan fingerprint density at radius 2 is 2.04 bits per heavy atom. The van der Waals surface area contributed by atoms with Crippen molar-refractivity contribution >= 4 is 28.2 Å². The Kier molecular flexibility index (Phi) is 4.19. The van der Waals surface area contributed by atoms with Gasteiger partial charge in [-0.25, -0.2) is 0 Å². The summed E-state index contributed by atoms with van der Waals surface area (Å²) in [6.45, 7) is 4.60. The molecular formula is C20H21ClN4O. The van der Waals surface area contributed by atoms with Crippen molar-refractivity contribution in [2.24, 2.45) is 5.41 Å². The first-order chi connectivity index (χ1) is 12.4. The Hall–Kier alpha value is -2.40. The third-order valence-corrected chi connectivity index (χ3v) is 5.34. The fourth-order valence-electron chi connectivity index (χ4n) is 3.76. The predicted molar refractivity (Wildman–Crippen MR) is 104 cm³/mol. The van der Waals surface area contributed by atoms with Gasteiger partial charge >= 0.3 is 0 Å². The van der Waals surface area contributed by atoms with Gasteiger partial charge in [0.15, 0.2) is 5.82 Å². The van der Waals surface area contributed by atoms with Crippen molar-refractivity contribution in [2.45, 2.75) is 39.2 Å². The highest BCUT2D eigenvalue weighted by Gasteiger charge is 2.31. The van der Waals surface area contributed by atoms with Crippen LogP contribution in [-0.4, -0.2) is 26.3 Å². The molecule has 1 aliphatic rings. The first kappa shape index (κ1) is 17.0. The van der Waals surface area contributed by atoms with E-state index in [1.54, 1.807) is 24.5 Å². The summed E-state index contributed by atoms with van der Waals surface area (Å²) in [5.74, 6) is 0.830. The average molecular weight is 369 g/mol. The van der Waals surface area contributed by atoms with Crippen molar-refractivity contribution in [3.63, 3.8) is 0 Å². The third-order valence-electron chi connectivity index (χ3n) is 5.11. The number of phenols is 1. The van der Waals surface area contributed by atoms with Crippen molar-refractivity contribution in [1.29, 1.82) is 0 Å². The van der Waals surface area contributed by atoms with Crippen LogP contribution in [0.3, 0.4) is 0 Å². The number of hydrogen-bond donors (Lipinski definition) is 2. The van der Waals surface area contributed by atoms with Crippen LogP contribution in [0.2, 0.25) is 5.02 Å². The molecule has 0 bridgehead atoms. The lowest BCUT2D eigenvalue weighted by molar-refractivity contribution is 0.378. The molecule has 0 aliphatic heterocycles. The van der Waals surface area contributed by atoms with Crippen LogP contribution in [-0.2, 0) is 0 Å².